The van der Waals surface area contributed by atoms with Gasteiger partial charge in [0.05, 0.1) is 5.52 Å². The van der Waals surface area contributed by atoms with Crippen molar-refractivity contribution in [2.24, 2.45) is 5.41 Å². The summed E-state index contributed by atoms with van der Waals surface area (Å²) in [6.45, 7) is 5.92. The number of hydrogen-bond donors (Lipinski definition) is 0. The van der Waals surface area contributed by atoms with Crippen LogP contribution in [0.25, 0.3) is 10.9 Å². The van der Waals surface area contributed by atoms with Gasteiger partial charge in [-0.15, -0.1) is 0 Å². The molecule has 2 heteroatoms. The van der Waals surface area contributed by atoms with Gasteiger partial charge in [0.2, 0.25) is 0 Å². The summed E-state index contributed by atoms with van der Waals surface area (Å²) in [6.07, 6.45) is 3.21. The van der Waals surface area contributed by atoms with E-state index >= 15 is 0 Å². The lowest BCUT2D eigenvalue weighted by molar-refractivity contribution is -0.126. The monoisotopic (exact) mass is 241 g/mol. The van der Waals surface area contributed by atoms with Crippen molar-refractivity contribution in [2.45, 2.75) is 33.6 Å². The third-order valence-corrected chi connectivity index (χ3v) is 3.14. The van der Waals surface area contributed by atoms with Gasteiger partial charge in [-0.25, -0.2) is 0 Å². The largest absolute Gasteiger partial charge is 0.299 e. The summed E-state index contributed by atoms with van der Waals surface area (Å²) < 4.78 is 0. The van der Waals surface area contributed by atoms with Crippen LogP contribution in [-0.4, -0.2) is 10.8 Å². The van der Waals surface area contributed by atoms with Crippen LogP contribution >= 0.6 is 0 Å². The maximum absolute atomic E-state index is 11.9. The summed E-state index contributed by atoms with van der Waals surface area (Å²) in [6, 6.07) is 10.2. The first kappa shape index (κ1) is 12.7. The molecule has 0 N–H and O–H groups in total. The fourth-order valence-corrected chi connectivity index (χ4v) is 1.91. The minimum Gasteiger partial charge on any atom is -0.299 e. The zero-order valence-corrected chi connectivity index (χ0v) is 11.2. The summed E-state index contributed by atoms with van der Waals surface area (Å²) in [5.74, 6) is 0.314. The van der Waals surface area contributed by atoms with Crippen molar-refractivity contribution < 1.29 is 4.79 Å². The molecule has 0 saturated heterocycles. The van der Waals surface area contributed by atoms with Crippen molar-refractivity contribution in [2.75, 3.05) is 0 Å². The molecule has 0 bridgehead atoms. The van der Waals surface area contributed by atoms with Gasteiger partial charge in [0.15, 0.2) is 0 Å². The Balaban J connectivity index is 2.11. The van der Waals surface area contributed by atoms with E-state index in [1.54, 1.807) is 6.20 Å². The Bertz CT molecular complexity index is 567. The predicted molar refractivity (Wildman–Crippen MR) is 74.5 cm³/mol. The summed E-state index contributed by atoms with van der Waals surface area (Å²) in [5, 5.41) is 1.14. The fraction of sp³-hybridized carbons (Fsp3) is 0.375. The van der Waals surface area contributed by atoms with Gasteiger partial charge < -0.3 is 0 Å². The molecule has 0 radical (unpaired) electrons. The Labute approximate surface area is 108 Å². The van der Waals surface area contributed by atoms with Crippen molar-refractivity contribution in [3.8, 4) is 0 Å². The lowest BCUT2D eigenvalue weighted by Gasteiger charge is -2.16. The first-order chi connectivity index (χ1) is 8.47. The van der Waals surface area contributed by atoms with E-state index < -0.39 is 0 Å². The minimum absolute atomic E-state index is 0.238. The molecule has 0 fully saturated rings. The first-order valence-corrected chi connectivity index (χ1v) is 6.34. The number of rotatable bonds is 3. The van der Waals surface area contributed by atoms with Crippen molar-refractivity contribution in [1.29, 1.82) is 0 Å². The van der Waals surface area contributed by atoms with E-state index in [1.807, 2.05) is 32.9 Å². The number of carbonyl (C=O) groups excluding carboxylic acids is 1. The Hall–Kier alpha value is -1.70. The average molecular weight is 241 g/mol. The van der Waals surface area contributed by atoms with Crippen LogP contribution in [0.5, 0.6) is 0 Å². The van der Waals surface area contributed by atoms with E-state index in [9.17, 15) is 4.79 Å². The Morgan fingerprint density at radius 3 is 2.72 bits per heavy atom. The number of benzene rings is 1. The van der Waals surface area contributed by atoms with Gasteiger partial charge in [-0.1, -0.05) is 32.9 Å². The number of aromatic nitrogens is 1. The fourth-order valence-electron chi connectivity index (χ4n) is 1.91. The zero-order chi connectivity index (χ0) is 13.2. The van der Waals surface area contributed by atoms with Crippen LogP contribution in [-0.2, 0) is 11.2 Å². The second-order valence-corrected chi connectivity index (χ2v) is 5.70. The minimum atomic E-state index is -0.238. The smallest absolute Gasteiger partial charge is 0.138 e. The topological polar surface area (TPSA) is 30.0 Å². The lowest BCUT2D eigenvalue weighted by atomic mass is 9.87. The number of pyridine rings is 1. The molecule has 2 aromatic rings. The third-order valence-electron chi connectivity index (χ3n) is 3.14. The Morgan fingerprint density at radius 2 is 2.00 bits per heavy atom. The lowest BCUT2D eigenvalue weighted by Crippen LogP contribution is -2.20. The highest BCUT2D eigenvalue weighted by atomic mass is 16.1. The van der Waals surface area contributed by atoms with E-state index in [4.69, 9.17) is 0 Å². The molecule has 1 heterocycles. The van der Waals surface area contributed by atoms with E-state index in [0.717, 1.165) is 17.3 Å². The molecule has 94 valence electrons. The van der Waals surface area contributed by atoms with Gasteiger partial charge in [-0.2, -0.15) is 0 Å². The van der Waals surface area contributed by atoms with Crippen LogP contribution in [0, 0.1) is 5.41 Å². The van der Waals surface area contributed by atoms with Crippen molar-refractivity contribution >= 4 is 16.7 Å². The highest BCUT2D eigenvalue weighted by Crippen LogP contribution is 2.19. The zero-order valence-electron chi connectivity index (χ0n) is 11.2. The number of nitrogens with zero attached hydrogens (tertiary/aromatic N) is 1. The number of hydrogen-bond acceptors (Lipinski definition) is 2. The average Bonchev–Trinajstić information content (AvgIpc) is 2.34. The maximum Gasteiger partial charge on any atom is 0.138 e. The van der Waals surface area contributed by atoms with Crippen molar-refractivity contribution in [3.05, 3.63) is 42.1 Å². The summed E-state index contributed by atoms with van der Waals surface area (Å²) in [7, 11) is 0. The van der Waals surface area contributed by atoms with Crippen LogP contribution in [0.15, 0.2) is 36.5 Å². The third kappa shape index (κ3) is 2.95. The molecule has 0 unspecified atom stereocenters. The number of carbonyl (C=O) groups is 1. The highest BCUT2D eigenvalue weighted by molar-refractivity contribution is 5.84. The maximum atomic E-state index is 11.9. The normalized spacial score (nSPS) is 11.7. The Kier molecular flexibility index (Phi) is 3.46. The van der Waals surface area contributed by atoms with E-state index in [-0.39, 0.29) is 5.41 Å². The van der Waals surface area contributed by atoms with Crippen LogP contribution in [0.1, 0.15) is 32.8 Å². The molecule has 0 amide bonds. The number of Topliss-reactive ketones (excluding diaryl/α,β-unsaturated/α-hetero) is 1. The van der Waals surface area contributed by atoms with Crippen LogP contribution in [0.3, 0.4) is 0 Å². The first-order valence-electron chi connectivity index (χ1n) is 6.34. The van der Waals surface area contributed by atoms with Crippen LogP contribution in [0.2, 0.25) is 0 Å². The molecule has 0 aliphatic rings. The van der Waals surface area contributed by atoms with Crippen LogP contribution in [0.4, 0.5) is 0 Å². The van der Waals surface area contributed by atoms with Crippen molar-refractivity contribution in [3.63, 3.8) is 0 Å². The Morgan fingerprint density at radius 1 is 1.22 bits per heavy atom. The summed E-state index contributed by atoms with van der Waals surface area (Å²) >= 11 is 0. The van der Waals surface area contributed by atoms with Gasteiger partial charge >= 0.3 is 0 Å². The van der Waals surface area contributed by atoms with Crippen LogP contribution < -0.4 is 0 Å². The van der Waals surface area contributed by atoms with Gasteiger partial charge in [-0.3, -0.25) is 9.78 Å². The van der Waals surface area contributed by atoms with Gasteiger partial charge in [0.1, 0.15) is 5.78 Å². The molecule has 2 rings (SSSR count). The second kappa shape index (κ2) is 4.89. The standard InChI is InChI=1S/C16H19NO/c1-16(2,3)15(18)9-7-12-6-8-14-13(11-12)5-4-10-17-14/h4-6,8,10-11H,7,9H2,1-3H3. The molecule has 18 heavy (non-hydrogen) atoms. The molecular formula is C16H19NO. The molecule has 1 aromatic carbocycles. The molecule has 0 spiro atoms. The number of fused-ring (bicyclic) bond motifs is 1. The SMILES string of the molecule is CC(C)(C)C(=O)CCc1ccc2ncccc2c1. The molecule has 0 atom stereocenters. The molecule has 1 aromatic heterocycles. The molecular weight excluding hydrogens is 222 g/mol. The number of aryl methyl sites for hydroxylation is 1. The molecule has 0 aliphatic carbocycles. The highest BCUT2D eigenvalue weighted by Gasteiger charge is 2.20. The molecule has 0 aliphatic heterocycles. The summed E-state index contributed by atoms with van der Waals surface area (Å²) in [5.41, 5.74) is 1.97. The number of ketones is 1. The van der Waals surface area contributed by atoms with E-state index in [0.29, 0.717) is 12.2 Å². The molecule has 2 nitrogen and oxygen atoms in total. The van der Waals surface area contributed by atoms with E-state index in [2.05, 4.69) is 23.2 Å². The van der Waals surface area contributed by atoms with Gasteiger partial charge in [0, 0.05) is 23.4 Å². The van der Waals surface area contributed by atoms with E-state index in [1.165, 1.54) is 5.56 Å². The summed E-state index contributed by atoms with van der Waals surface area (Å²) in [4.78, 5) is 16.2. The van der Waals surface area contributed by atoms with Gasteiger partial charge in [0.25, 0.3) is 0 Å². The predicted octanol–water partition coefficient (Wildman–Crippen LogP) is 3.78. The van der Waals surface area contributed by atoms with Crippen molar-refractivity contribution in [1.82, 2.24) is 4.98 Å². The molecule has 0 saturated carbocycles. The second-order valence-electron chi connectivity index (χ2n) is 5.70. The quantitative estimate of drug-likeness (QED) is 0.818. The van der Waals surface area contributed by atoms with Gasteiger partial charge in [-0.05, 0) is 30.2 Å².